The highest BCUT2D eigenvalue weighted by Crippen LogP contribution is 2.19. The first-order chi connectivity index (χ1) is 9.06. The molecule has 0 spiro atoms. The number of nitrogens with zero attached hydrogens (tertiary/aromatic N) is 2. The number of hydrogen-bond acceptors (Lipinski definition) is 2. The largest absolute Gasteiger partial charge is 0.361 e. The van der Waals surface area contributed by atoms with E-state index in [-0.39, 0.29) is 0 Å². The summed E-state index contributed by atoms with van der Waals surface area (Å²) in [5.74, 6) is 0. The van der Waals surface area contributed by atoms with E-state index >= 15 is 0 Å². The first-order valence-corrected chi connectivity index (χ1v) is 10.4. The lowest BCUT2D eigenvalue weighted by atomic mass is 10.2. The summed E-state index contributed by atoms with van der Waals surface area (Å²) >= 11 is 0. The normalized spacial score (nSPS) is 11.7. The molecule has 0 aliphatic carbocycles. The van der Waals surface area contributed by atoms with Crippen molar-refractivity contribution < 1.29 is 4.74 Å². The van der Waals surface area contributed by atoms with Crippen molar-refractivity contribution in [2.45, 2.75) is 32.4 Å². The lowest BCUT2D eigenvalue weighted by molar-refractivity contribution is 0.0885. The third-order valence-corrected chi connectivity index (χ3v) is 4.72. The van der Waals surface area contributed by atoms with Crippen LogP contribution in [0, 0.1) is 0 Å². The molecule has 19 heavy (non-hydrogen) atoms. The van der Waals surface area contributed by atoms with Crippen LogP contribution in [0.1, 0.15) is 0 Å². The summed E-state index contributed by atoms with van der Waals surface area (Å²) in [6.45, 7) is 8.56. The van der Waals surface area contributed by atoms with Gasteiger partial charge in [0.05, 0.1) is 5.69 Å². The van der Waals surface area contributed by atoms with Gasteiger partial charge in [0, 0.05) is 38.8 Å². The van der Waals surface area contributed by atoms with E-state index in [0.717, 1.165) is 17.9 Å². The Morgan fingerprint density at radius 1 is 1.21 bits per heavy atom. The summed E-state index contributed by atoms with van der Waals surface area (Å²) in [5, 5.41) is 0. The fraction of sp³-hybridized carbons (Fsp3) is 0.400. The lowest BCUT2D eigenvalue weighted by Gasteiger charge is -2.16. The van der Waals surface area contributed by atoms with Crippen molar-refractivity contribution in [1.82, 2.24) is 9.55 Å². The Balaban J connectivity index is 1.94. The van der Waals surface area contributed by atoms with Crippen molar-refractivity contribution in [1.29, 1.82) is 0 Å². The van der Waals surface area contributed by atoms with E-state index in [0.29, 0.717) is 6.73 Å². The Hall–Kier alpha value is -1.39. The summed E-state index contributed by atoms with van der Waals surface area (Å²) < 4.78 is 7.92. The Kier molecular flexibility index (Phi) is 4.55. The minimum absolute atomic E-state index is 0.613. The van der Waals surface area contributed by atoms with Crippen LogP contribution in [0.3, 0.4) is 0 Å². The summed E-state index contributed by atoms with van der Waals surface area (Å²) in [6.07, 6.45) is 5.73. The minimum Gasteiger partial charge on any atom is -0.361 e. The van der Waals surface area contributed by atoms with E-state index in [9.17, 15) is 0 Å². The summed E-state index contributed by atoms with van der Waals surface area (Å²) in [4.78, 5) is 4.16. The molecule has 0 N–H and O–H groups in total. The van der Waals surface area contributed by atoms with Crippen LogP contribution in [-0.4, -0.2) is 24.2 Å². The Morgan fingerprint density at radius 3 is 2.74 bits per heavy atom. The predicted octanol–water partition coefficient (Wildman–Crippen LogP) is 3.86. The van der Waals surface area contributed by atoms with Crippen LogP contribution in [0.15, 0.2) is 42.9 Å². The van der Waals surface area contributed by atoms with Gasteiger partial charge in [0.2, 0.25) is 0 Å². The van der Waals surface area contributed by atoms with Gasteiger partial charge >= 0.3 is 0 Å². The summed E-state index contributed by atoms with van der Waals surface area (Å²) in [5.41, 5.74) is 2.28. The SMILES string of the molecule is C[Si](C)(C)CCOCn1cccc1-c1cccnc1. The molecule has 2 aromatic rings. The van der Waals surface area contributed by atoms with Crippen molar-refractivity contribution in [3.63, 3.8) is 0 Å². The lowest BCUT2D eigenvalue weighted by Crippen LogP contribution is -2.22. The molecule has 0 radical (unpaired) electrons. The highest BCUT2D eigenvalue weighted by atomic mass is 28.3. The average Bonchev–Trinajstić information content (AvgIpc) is 2.83. The van der Waals surface area contributed by atoms with Gasteiger partial charge in [-0.2, -0.15) is 0 Å². The average molecular weight is 274 g/mol. The quantitative estimate of drug-likeness (QED) is 0.591. The molecule has 0 bridgehead atoms. The second-order valence-corrected chi connectivity index (χ2v) is 11.6. The molecule has 0 aromatic carbocycles. The Labute approximate surface area is 116 Å². The zero-order valence-electron chi connectivity index (χ0n) is 12.0. The van der Waals surface area contributed by atoms with Crippen molar-refractivity contribution in [2.75, 3.05) is 6.61 Å². The molecular weight excluding hydrogens is 252 g/mol. The van der Waals surface area contributed by atoms with Gasteiger partial charge < -0.3 is 9.30 Å². The molecular formula is C15H22N2OSi. The standard InChI is InChI=1S/C15H22N2OSi/c1-19(2,3)11-10-18-13-17-9-5-7-15(17)14-6-4-8-16-12-14/h4-9,12H,10-11,13H2,1-3H3. The molecule has 0 fully saturated rings. The maximum Gasteiger partial charge on any atom is 0.122 e. The van der Waals surface area contributed by atoms with Crippen LogP contribution < -0.4 is 0 Å². The molecule has 0 aliphatic rings. The molecule has 2 rings (SSSR count). The van der Waals surface area contributed by atoms with Crippen molar-refractivity contribution in [3.8, 4) is 11.3 Å². The number of aromatic nitrogens is 2. The molecule has 0 saturated heterocycles. The highest BCUT2D eigenvalue weighted by Gasteiger charge is 2.12. The van der Waals surface area contributed by atoms with E-state index in [1.165, 1.54) is 6.04 Å². The Morgan fingerprint density at radius 2 is 2.05 bits per heavy atom. The third-order valence-electron chi connectivity index (χ3n) is 3.01. The first-order valence-electron chi connectivity index (χ1n) is 6.69. The molecule has 0 saturated carbocycles. The molecule has 0 atom stereocenters. The summed E-state index contributed by atoms with van der Waals surface area (Å²) in [6, 6.07) is 9.37. The van der Waals surface area contributed by atoms with Crippen LogP contribution in [-0.2, 0) is 11.5 Å². The smallest absolute Gasteiger partial charge is 0.122 e. The molecule has 0 aliphatic heterocycles. The molecule has 4 heteroatoms. The number of pyridine rings is 1. The minimum atomic E-state index is -1.00. The highest BCUT2D eigenvalue weighted by molar-refractivity contribution is 6.76. The van der Waals surface area contributed by atoms with Gasteiger partial charge in [0.1, 0.15) is 6.73 Å². The molecule has 102 valence electrons. The maximum absolute atomic E-state index is 5.79. The van der Waals surface area contributed by atoms with Crippen LogP contribution in [0.5, 0.6) is 0 Å². The van der Waals surface area contributed by atoms with E-state index in [1.54, 1.807) is 6.20 Å². The molecule has 2 heterocycles. The van der Waals surface area contributed by atoms with E-state index < -0.39 is 8.07 Å². The van der Waals surface area contributed by atoms with Gasteiger partial charge in [-0.05, 0) is 30.3 Å². The van der Waals surface area contributed by atoms with Crippen LogP contribution in [0.2, 0.25) is 25.7 Å². The van der Waals surface area contributed by atoms with E-state index in [2.05, 4.69) is 47.5 Å². The van der Waals surface area contributed by atoms with Crippen LogP contribution in [0.25, 0.3) is 11.3 Å². The molecule has 0 unspecified atom stereocenters. The summed E-state index contributed by atoms with van der Waals surface area (Å²) in [7, 11) is -1.00. The van der Waals surface area contributed by atoms with Crippen molar-refractivity contribution in [2.24, 2.45) is 0 Å². The van der Waals surface area contributed by atoms with E-state index in [1.807, 2.05) is 18.3 Å². The second-order valence-electron chi connectivity index (χ2n) is 5.95. The second kappa shape index (κ2) is 6.17. The first kappa shape index (κ1) is 14.0. The number of hydrogen-bond donors (Lipinski definition) is 0. The molecule has 2 aromatic heterocycles. The molecule has 0 amide bonds. The van der Waals surface area contributed by atoms with Gasteiger partial charge in [-0.1, -0.05) is 19.6 Å². The van der Waals surface area contributed by atoms with Gasteiger partial charge in [-0.15, -0.1) is 0 Å². The van der Waals surface area contributed by atoms with Crippen LogP contribution in [0.4, 0.5) is 0 Å². The third kappa shape index (κ3) is 4.33. The predicted molar refractivity (Wildman–Crippen MR) is 81.8 cm³/mol. The van der Waals surface area contributed by atoms with Gasteiger partial charge in [0.25, 0.3) is 0 Å². The van der Waals surface area contributed by atoms with Crippen LogP contribution >= 0.6 is 0 Å². The van der Waals surface area contributed by atoms with Gasteiger partial charge in [-0.25, -0.2) is 0 Å². The number of rotatable bonds is 6. The molecule has 3 nitrogen and oxygen atoms in total. The van der Waals surface area contributed by atoms with Crippen molar-refractivity contribution >= 4 is 8.07 Å². The van der Waals surface area contributed by atoms with Crippen molar-refractivity contribution in [3.05, 3.63) is 42.9 Å². The fourth-order valence-electron chi connectivity index (χ4n) is 1.84. The van der Waals surface area contributed by atoms with E-state index in [4.69, 9.17) is 4.74 Å². The Bertz CT molecular complexity index is 502. The zero-order chi connectivity index (χ0) is 13.7. The monoisotopic (exact) mass is 274 g/mol. The van der Waals surface area contributed by atoms with Gasteiger partial charge in [0.15, 0.2) is 0 Å². The number of ether oxygens (including phenoxy) is 1. The van der Waals surface area contributed by atoms with Gasteiger partial charge in [-0.3, -0.25) is 4.98 Å². The zero-order valence-corrected chi connectivity index (χ0v) is 13.0. The maximum atomic E-state index is 5.79. The fourth-order valence-corrected chi connectivity index (χ4v) is 2.60. The topological polar surface area (TPSA) is 27.1 Å².